The Morgan fingerprint density at radius 3 is 2.58 bits per heavy atom. The Labute approximate surface area is 78.9 Å². The van der Waals surface area contributed by atoms with Crippen LogP contribution in [0.15, 0.2) is 24.8 Å². The number of benzene rings is 1. The van der Waals surface area contributed by atoms with Gasteiger partial charge in [0.1, 0.15) is 0 Å². The van der Waals surface area contributed by atoms with Crippen molar-refractivity contribution in [3.8, 4) is 0 Å². The first-order valence-corrected chi connectivity index (χ1v) is 4.45. The topological polar surface area (TPSA) is 0 Å². The second-order valence-corrected chi connectivity index (χ2v) is 3.57. The molecule has 0 N–H and O–H groups in total. The predicted molar refractivity (Wildman–Crippen MR) is 55.6 cm³/mol. The van der Waals surface area contributed by atoms with Crippen LogP contribution in [0.25, 0.3) is 6.08 Å². The molecule has 0 nitrogen and oxygen atoms in total. The minimum Gasteiger partial charge on any atom is -0.0985 e. The van der Waals surface area contributed by atoms with Gasteiger partial charge in [-0.25, -0.2) is 0 Å². The molecule has 0 unspecified atom stereocenters. The number of hydrogen-bond donors (Lipinski definition) is 0. The second kappa shape index (κ2) is 3.77. The third-order valence-corrected chi connectivity index (χ3v) is 2.13. The summed E-state index contributed by atoms with van der Waals surface area (Å²) in [5, 5.41) is 0.796. The largest absolute Gasteiger partial charge is 0.0985 e. The maximum atomic E-state index is 5.88. The Hall–Kier alpha value is -0.750. The molecule has 1 heteroatoms. The summed E-state index contributed by atoms with van der Waals surface area (Å²) in [6, 6.07) is 5.90. The monoisotopic (exact) mass is 180 g/mol. The van der Waals surface area contributed by atoms with E-state index in [2.05, 4.69) is 20.4 Å². The maximum absolute atomic E-state index is 5.88. The molecule has 0 saturated heterocycles. The maximum Gasteiger partial charge on any atom is 0.0409 e. The zero-order valence-electron chi connectivity index (χ0n) is 7.47. The van der Waals surface area contributed by atoms with E-state index in [1.807, 2.05) is 24.3 Å². The Morgan fingerprint density at radius 1 is 1.42 bits per heavy atom. The lowest BCUT2D eigenvalue weighted by Gasteiger charge is -2.09. The van der Waals surface area contributed by atoms with E-state index in [4.69, 9.17) is 11.6 Å². The molecule has 0 radical (unpaired) electrons. The van der Waals surface area contributed by atoms with Gasteiger partial charge in [-0.05, 0) is 29.2 Å². The SMILES string of the molecule is C=Cc1ccc(Cl)cc1C(C)C. The summed E-state index contributed by atoms with van der Waals surface area (Å²) in [5.74, 6) is 0.497. The first kappa shape index (κ1) is 9.34. The van der Waals surface area contributed by atoms with Gasteiger partial charge in [0.2, 0.25) is 0 Å². The molecule has 0 spiro atoms. The smallest absolute Gasteiger partial charge is 0.0409 e. The molecule has 1 rings (SSSR count). The lowest BCUT2D eigenvalue weighted by Crippen LogP contribution is -1.90. The van der Waals surface area contributed by atoms with Crippen LogP contribution in [0.4, 0.5) is 0 Å². The molecule has 1 aromatic rings. The van der Waals surface area contributed by atoms with Crippen molar-refractivity contribution >= 4 is 17.7 Å². The Bertz CT molecular complexity index is 287. The van der Waals surface area contributed by atoms with E-state index in [-0.39, 0.29) is 0 Å². The summed E-state index contributed by atoms with van der Waals surface area (Å²) >= 11 is 5.88. The quantitative estimate of drug-likeness (QED) is 0.643. The van der Waals surface area contributed by atoms with E-state index < -0.39 is 0 Å². The molecule has 0 aliphatic carbocycles. The first-order valence-electron chi connectivity index (χ1n) is 4.07. The Balaban J connectivity index is 3.21. The van der Waals surface area contributed by atoms with Crippen molar-refractivity contribution in [1.29, 1.82) is 0 Å². The molecule has 0 amide bonds. The molecule has 0 aromatic heterocycles. The fourth-order valence-corrected chi connectivity index (χ4v) is 1.41. The van der Waals surface area contributed by atoms with Gasteiger partial charge in [0.15, 0.2) is 0 Å². The molecule has 0 fully saturated rings. The van der Waals surface area contributed by atoms with Crippen LogP contribution < -0.4 is 0 Å². The Kier molecular flexibility index (Phi) is 2.93. The van der Waals surface area contributed by atoms with E-state index in [0.717, 1.165) is 5.02 Å². The van der Waals surface area contributed by atoms with Crippen LogP contribution in [-0.4, -0.2) is 0 Å². The van der Waals surface area contributed by atoms with Crippen LogP contribution >= 0.6 is 11.6 Å². The average molecular weight is 181 g/mol. The van der Waals surface area contributed by atoms with Gasteiger partial charge in [-0.15, -0.1) is 0 Å². The van der Waals surface area contributed by atoms with Gasteiger partial charge in [0.25, 0.3) is 0 Å². The highest BCUT2D eigenvalue weighted by molar-refractivity contribution is 6.30. The summed E-state index contributed by atoms with van der Waals surface area (Å²) < 4.78 is 0. The minimum atomic E-state index is 0.497. The zero-order valence-corrected chi connectivity index (χ0v) is 8.23. The van der Waals surface area contributed by atoms with E-state index in [9.17, 15) is 0 Å². The fraction of sp³-hybridized carbons (Fsp3) is 0.273. The first-order chi connectivity index (χ1) is 5.65. The molecular formula is C11H13Cl. The Morgan fingerprint density at radius 2 is 2.08 bits per heavy atom. The van der Waals surface area contributed by atoms with Crippen molar-refractivity contribution in [2.24, 2.45) is 0 Å². The van der Waals surface area contributed by atoms with Gasteiger partial charge >= 0.3 is 0 Å². The van der Waals surface area contributed by atoms with Crippen molar-refractivity contribution in [2.45, 2.75) is 19.8 Å². The highest BCUT2D eigenvalue weighted by Gasteiger charge is 2.03. The summed E-state index contributed by atoms with van der Waals surface area (Å²) in [7, 11) is 0. The number of rotatable bonds is 2. The van der Waals surface area contributed by atoms with Crippen LogP contribution in [0.2, 0.25) is 5.02 Å². The molecular weight excluding hydrogens is 168 g/mol. The van der Waals surface area contributed by atoms with Crippen molar-refractivity contribution < 1.29 is 0 Å². The van der Waals surface area contributed by atoms with Crippen LogP contribution in [0.3, 0.4) is 0 Å². The van der Waals surface area contributed by atoms with Crippen molar-refractivity contribution in [3.63, 3.8) is 0 Å². The van der Waals surface area contributed by atoms with E-state index >= 15 is 0 Å². The lowest BCUT2D eigenvalue weighted by molar-refractivity contribution is 0.864. The third kappa shape index (κ3) is 1.89. The fourth-order valence-electron chi connectivity index (χ4n) is 1.23. The van der Waals surface area contributed by atoms with Gasteiger partial charge in [0, 0.05) is 5.02 Å². The second-order valence-electron chi connectivity index (χ2n) is 3.13. The van der Waals surface area contributed by atoms with Crippen molar-refractivity contribution in [1.82, 2.24) is 0 Å². The lowest BCUT2D eigenvalue weighted by atomic mass is 9.97. The molecule has 0 bridgehead atoms. The van der Waals surface area contributed by atoms with Crippen LogP contribution in [0.1, 0.15) is 30.9 Å². The van der Waals surface area contributed by atoms with Crippen LogP contribution in [-0.2, 0) is 0 Å². The molecule has 12 heavy (non-hydrogen) atoms. The highest BCUT2D eigenvalue weighted by Crippen LogP contribution is 2.23. The average Bonchev–Trinajstić information content (AvgIpc) is 2.04. The van der Waals surface area contributed by atoms with Gasteiger partial charge in [-0.1, -0.05) is 44.2 Å². The van der Waals surface area contributed by atoms with Gasteiger partial charge in [-0.2, -0.15) is 0 Å². The zero-order chi connectivity index (χ0) is 9.14. The summed E-state index contributed by atoms with van der Waals surface area (Å²) in [5.41, 5.74) is 2.44. The van der Waals surface area contributed by atoms with E-state index in [1.54, 1.807) is 0 Å². The van der Waals surface area contributed by atoms with E-state index in [0.29, 0.717) is 5.92 Å². The van der Waals surface area contributed by atoms with Gasteiger partial charge in [-0.3, -0.25) is 0 Å². The molecule has 0 aliphatic heterocycles. The van der Waals surface area contributed by atoms with Crippen molar-refractivity contribution in [2.75, 3.05) is 0 Å². The third-order valence-electron chi connectivity index (χ3n) is 1.89. The van der Waals surface area contributed by atoms with Gasteiger partial charge in [0.05, 0.1) is 0 Å². The molecule has 0 heterocycles. The molecule has 0 saturated carbocycles. The summed E-state index contributed by atoms with van der Waals surface area (Å²) in [6.45, 7) is 8.06. The molecule has 0 atom stereocenters. The standard InChI is InChI=1S/C11H13Cl/c1-4-9-5-6-10(12)7-11(9)8(2)3/h4-8H,1H2,2-3H3. The van der Waals surface area contributed by atoms with E-state index in [1.165, 1.54) is 11.1 Å². The molecule has 64 valence electrons. The normalized spacial score (nSPS) is 10.3. The van der Waals surface area contributed by atoms with Gasteiger partial charge < -0.3 is 0 Å². The number of halogens is 1. The number of hydrogen-bond acceptors (Lipinski definition) is 0. The summed E-state index contributed by atoms with van der Waals surface area (Å²) in [4.78, 5) is 0. The van der Waals surface area contributed by atoms with Crippen LogP contribution in [0.5, 0.6) is 0 Å². The molecule has 0 aliphatic rings. The predicted octanol–water partition coefficient (Wildman–Crippen LogP) is 4.11. The molecule has 1 aromatic carbocycles. The highest BCUT2D eigenvalue weighted by atomic mass is 35.5. The summed E-state index contributed by atoms with van der Waals surface area (Å²) in [6.07, 6.45) is 1.87. The van der Waals surface area contributed by atoms with Crippen LogP contribution in [0, 0.1) is 0 Å². The van der Waals surface area contributed by atoms with Crippen molar-refractivity contribution in [3.05, 3.63) is 40.9 Å². The minimum absolute atomic E-state index is 0.497.